The Bertz CT molecular complexity index is 476. The van der Waals surface area contributed by atoms with Gasteiger partial charge in [0.15, 0.2) is 0 Å². The first kappa shape index (κ1) is 15.8. The van der Waals surface area contributed by atoms with Gasteiger partial charge in [0, 0.05) is 31.5 Å². The van der Waals surface area contributed by atoms with Gasteiger partial charge in [-0.05, 0) is 31.2 Å². The van der Waals surface area contributed by atoms with E-state index >= 15 is 0 Å². The molecular weight excluding hydrogens is 266 g/mol. The van der Waals surface area contributed by atoms with Crippen LogP contribution in [0.15, 0.2) is 24.3 Å². The second-order valence-electron chi connectivity index (χ2n) is 5.64. The van der Waals surface area contributed by atoms with Crippen LogP contribution in [0.5, 0.6) is 0 Å². The SMILES string of the molecule is CCCNC1COCC1C(=O)Nc1cccc(N(C)C)c1. The molecule has 0 radical (unpaired) electrons. The van der Waals surface area contributed by atoms with Crippen LogP contribution in [0, 0.1) is 5.92 Å². The average Bonchev–Trinajstić information content (AvgIpc) is 2.93. The highest BCUT2D eigenvalue weighted by Gasteiger charge is 2.33. The highest BCUT2D eigenvalue weighted by atomic mass is 16.5. The molecule has 0 aliphatic carbocycles. The Hall–Kier alpha value is -1.59. The fourth-order valence-electron chi connectivity index (χ4n) is 2.44. The summed E-state index contributed by atoms with van der Waals surface area (Å²) in [5.74, 6) is -0.100. The number of rotatable bonds is 6. The fourth-order valence-corrected chi connectivity index (χ4v) is 2.44. The van der Waals surface area contributed by atoms with Gasteiger partial charge in [-0.15, -0.1) is 0 Å². The lowest BCUT2D eigenvalue weighted by Gasteiger charge is -2.19. The predicted octanol–water partition coefficient (Wildman–Crippen LogP) is 1.71. The van der Waals surface area contributed by atoms with Crippen molar-refractivity contribution in [3.63, 3.8) is 0 Å². The van der Waals surface area contributed by atoms with Crippen LogP contribution >= 0.6 is 0 Å². The summed E-state index contributed by atoms with van der Waals surface area (Å²) >= 11 is 0. The smallest absolute Gasteiger partial charge is 0.231 e. The van der Waals surface area contributed by atoms with Crippen molar-refractivity contribution in [3.8, 4) is 0 Å². The summed E-state index contributed by atoms with van der Waals surface area (Å²) in [6.45, 7) is 4.12. The van der Waals surface area contributed by atoms with E-state index in [4.69, 9.17) is 4.74 Å². The molecule has 0 spiro atoms. The van der Waals surface area contributed by atoms with E-state index in [9.17, 15) is 4.79 Å². The number of hydrogen-bond donors (Lipinski definition) is 2. The Morgan fingerprint density at radius 2 is 2.19 bits per heavy atom. The minimum absolute atomic E-state index is 0.0250. The monoisotopic (exact) mass is 291 g/mol. The second-order valence-corrected chi connectivity index (χ2v) is 5.64. The summed E-state index contributed by atoms with van der Waals surface area (Å²) in [5, 5.41) is 6.38. The Labute approximate surface area is 126 Å². The van der Waals surface area contributed by atoms with Crippen LogP contribution in [0.1, 0.15) is 13.3 Å². The van der Waals surface area contributed by atoms with Crippen LogP contribution in [0.4, 0.5) is 11.4 Å². The largest absolute Gasteiger partial charge is 0.379 e. The Morgan fingerprint density at radius 1 is 1.38 bits per heavy atom. The highest BCUT2D eigenvalue weighted by molar-refractivity contribution is 5.93. The Balaban J connectivity index is 1.98. The number of carbonyl (C=O) groups excluding carboxylic acids is 1. The molecule has 2 N–H and O–H groups in total. The number of anilines is 2. The molecule has 1 heterocycles. The van der Waals surface area contributed by atoms with Crippen LogP contribution in [0.3, 0.4) is 0 Å². The van der Waals surface area contributed by atoms with E-state index in [1.54, 1.807) is 0 Å². The van der Waals surface area contributed by atoms with Gasteiger partial charge in [-0.25, -0.2) is 0 Å². The zero-order chi connectivity index (χ0) is 15.2. The molecule has 1 aliphatic heterocycles. The van der Waals surface area contributed by atoms with Gasteiger partial charge in [-0.3, -0.25) is 4.79 Å². The number of ether oxygens (including phenoxy) is 1. The molecule has 0 aromatic heterocycles. The summed E-state index contributed by atoms with van der Waals surface area (Å²) in [7, 11) is 3.97. The minimum Gasteiger partial charge on any atom is -0.379 e. The molecule has 1 aromatic rings. The third kappa shape index (κ3) is 4.19. The lowest BCUT2D eigenvalue weighted by Crippen LogP contribution is -2.41. The topological polar surface area (TPSA) is 53.6 Å². The van der Waals surface area contributed by atoms with E-state index in [2.05, 4.69) is 17.6 Å². The first-order valence-corrected chi connectivity index (χ1v) is 7.51. The van der Waals surface area contributed by atoms with Gasteiger partial charge in [0.2, 0.25) is 5.91 Å². The lowest BCUT2D eigenvalue weighted by atomic mass is 10.0. The maximum absolute atomic E-state index is 12.4. The van der Waals surface area contributed by atoms with Crippen LogP contribution in [-0.4, -0.2) is 45.8 Å². The lowest BCUT2D eigenvalue weighted by molar-refractivity contribution is -0.120. The van der Waals surface area contributed by atoms with Gasteiger partial charge in [-0.2, -0.15) is 0 Å². The third-order valence-electron chi connectivity index (χ3n) is 3.70. The van der Waals surface area contributed by atoms with Crippen molar-refractivity contribution in [2.45, 2.75) is 19.4 Å². The van der Waals surface area contributed by atoms with Crippen molar-refractivity contribution in [2.24, 2.45) is 5.92 Å². The van der Waals surface area contributed by atoms with E-state index < -0.39 is 0 Å². The molecule has 1 aromatic carbocycles. The van der Waals surface area contributed by atoms with E-state index in [1.165, 1.54) is 0 Å². The summed E-state index contributed by atoms with van der Waals surface area (Å²) in [4.78, 5) is 14.4. The van der Waals surface area contributed by atoms with E-state index in [-0.39, 0.29) is 17.9 Å². The van der Waals surface area contributed by atoms with Crippen LogP contribution in [-0.2, 0) is 9.53 Å². The number of nitrogens with zero attached hydrogens (tertiary/aromatic N) is 1. The molecule has 2 atom stereocenters. The molecule has 21 heavy (non-hydrogen) atoms. The molecular formula is C16H25N3O2. The van der Waals surface area contributed by atoms with Crippen molar-refractivity contribution in [1.82, 2.24) is 5.32 Å². The van der Waals surface area contributed by atoms with Crippen LogP contribution in [0.2, 0.25) is 0 Å². The zero-order valence-electron chi connectivity index (χ0n) is 13.1. The van der Waals surface area contributed by atoms with Crippen molar-refractivity contribution >= 4 is 17.3 Å². The molecule has 5 heteroatoms. The van der Waals surface area contributed by atoms with Crippen molar-refractivity contribution in [3.05, 3.63) is 24.3 Å². The molecule has 1 saturated heterocycles. The maximum atomic E-state index is 12.4. The maximum Gasteiger partial charge on any atom is 0.231 e. The third-order valence-corrected chi connectivity index (χ3v) is 3.70. The molecule has 2 unspecified atom stereocenters. The summed E-state index contributed by atoms with van der Waals surface area (Å²) in [6, 6.07) is 7.96. The minimum atomic E-state index is -0.125. The number of hydrogen-bond acceptors (Lipinski definition) is 4. The molecule has 1 aliphatic rings. The molecule has 5 nitrogen and oxygen atoms in total. The number of carbonyl (C=O) groups is 1. The predicted molar refractivity (Wildman–Crippen MR) is 85.8 cm³/mol. The van der Waals surface area contributed by atoms with Crippen molar-refractivity contribution in [2.75, 3.05) is 44.1 Å². The molecule has 1 amide bonds. The Kier molecular flexibility index (Phi) is 5.59. The molecule has 1 fully saturated rings. The van der Waals surface area contributed by atoms with Gasteiger partial charge in [-0.1, -0.05) is 13.0 Å². The standard InChI is InChI=1S/C16H25N3O2/c1-4-8-17-15-11-21-10-14(15)16(20)18-12-6-5-7-13(9-12)19(2)3/h5-7,9,14-15,17H,4,8,10-11H2,1-3H3,(H,18,20). The van der Waals surface area contributed by atoms with Gasteiger partial charge in [0.25, 0.3) is 0 Å². The highest BCUT2D eigenvalue weighted by Crippen LogP contribution is 2.20. The second kappa shape index (κ2) is 7.43. The average molecular weight is 291 g/mol. The van der Waals surface area contributed by atoms with E-state index in [0.29, 0.717) is 13.2 Å². The van der Waals surface area contributed by atoms with Crippen molar-refractivity contribution in [1.29, 1.82) is 0 Å². The number of nitrogens with one attached hydrogen (secondary N) is 2. The zero-order valence-corrected chi connectivity index (χ0v) is 13.1. The summed E-state index contributed by atoms with van der Waals surface area (Å²) in [5.41, 5.74) is 1.89. The summed E-state index contributed by atoms with van der Waals surface area (Å²) < 4.78 is 5.46. The number of amides is 1. The van der Waals surface area contributed by atoms with Crippen LogP contribution < -0.4 is 15.5 Å². The van der Waals surface area contributed by atoms with Gasteiger partial charge >= 0.3 is 0 Å². The molecule has 2 rings (SSSR count). The molecule has 116 valence electrons. The van der Waals surface area contributed by atoms with E-state index in [1.807, 2.05) is 43.3 Å². The van der Waals surface area contributed by atoms with Gasteiger partial charge < -0.3 is 20.3 Å². The van der Waals surface area contributed by atoms with E-state index in [0.717, 1.165) is 24.3 Å². The molecule has 0 bridgehead atoms. The quantitative estimate of drug-likeness (QED) is 0.838. The fraction of sp³-hybridized carbons (Fsp3) is 0.562. The Morgan fingerprint density at radius 3 is 2.90 bits per heavy atom. The van der Waals surface area contributed by atoms with Crippen molar-refractivity contribution < 1.29 is 9.53 Å². The van der Waals surface area contributed by atoms with Crippen LogP contribution in [0.25, 0.3) is 0 Å². The normalized spacial score (nSPS) is 21.3. The number of benzene rings is 1. The summed E-state index contributed by atoms with van der Waals surface area (Å²) in [6.07, 6.45) is 1.05. The molecule has 0 saturated carbocycles. The van der Waals surface area contributed by atoms with Gasteiger partial charge in [0.1, 0.15) is 0 Å². The first-order valence-electron chi connectivity index (χ1n) is 7.51. The van der Waals surface area contributed by atoms with Gasteiger partial charge in [0.05, 0.1) is 19.1 Å². The first-order chi connectivity index (χ1) is 10.1.